The van der Waals surface area contributed by atoms with Crippen molar-refractivity contribution in [3.05, 3.63) is 17.8 Å². The summed E-state index contributed by atoms with van der Waals surface area (Å²) in [5.41, 5.74) is 4.17. The molecule has 16 heavy (non-hydrogen) atoms. The van der Waals surface area contributed by atoms with E-state index in [0.29, 0.717) is 5.82 Å². The van der Waals surface area contributed by atoms with Gasteiger partial charge in [-0.2, -0.15) is 0 Å². The molecule has 1 aromatic rings. The van der Waals surface area contributed by atoms with Crippen molar-refractivity contribution in [1.82, 2.24) is 10.2 Å². The number of rotatable bonds is 5. The Labute approximate surface area is 92.3 Å². The largest absolute Gasteiger partial charge is 0.394 e. The van der Waals surface area contributed by atoms with E-state index in [1.54, 1.807) is 6.92 Å². The average molecular weight is 226 g/mol. The summed E-state index contributed by atoms with van der Waals surface area (Å²) >= 11 is 0. The molecule has 0 spiro atoms. The average Bonchev–Trinajstić information content (AvgIpc) is 2.29. The maximum absolute atomic E-state index is 10.7. The fourth-order valence-corrected chi connectivity index (χ4v) is 0.969. The van der Waals surface area contributed by atoms with Gasteiger partial charge in [0.15, 0.2) is 5.69 Å². The second kappa shape index (κ2) is 4.86. The highest BCUT2D eigenvalue weighted by molar-refractivity contribution is 5.90. The van der Waals surface area contributed by atoms with Gasteiger partial charge in [0.1, 0.15) is 5.82 Å². The van der Waals surface area contributed by atoms with Gasteiger partial charge >= 0.3 is 0 Å². The lowest BCUT2D eigenvalue weighted by atomic mass is 10.1. The highest BCUT2D eigenvalue weighted by Gasteiger charge is 2.22. The number of hydrogen-bond acceptors (Lipinski definition) is 6. The molecule has 0 bridgehead atoms. The quantitative estimate of drug-likeness (QED) is 0.496. The summed E-state index contributed by atoms with van der Waals surface area (Å²) in [4.78, 5) is 10.7. The van der Waals surface area contributed by atoms with Crippen molar-refractivity contribution in [3.8, 4) is 0 Å². The van der Waals surface area contributed by atoms with Gasteiger partial charge in [-0.3, -0.25) is 4.79 Å². The van der Waals surface area contributed by atoms with Crippen molar-refractivity contribution < 1.29 is 15.0 Å². The number of nitrogens with one attached hydrogen (secondary N) is 1. The van der Waals surface area contributed by atoms with Crippen molar-refractivity contribution in [1.29, 1.82) is 0 Å². The molecular formula is C9H14N4O3. The number of anilines is 1. The second-order valence-electron chi connectivity index (χ2n) is 3.67. The van der Waals surface area contributed by atoms with Gasteiger partial charge in [-0.15, -0.1) is 10.2 Å². The van der Waals surface area contributed by atoms with E-state index in [4.69, 9.17) is 15.9 Å². The molecule has 5 N–H and O–H groups in total. The van der Waals surface area contributed by atoms with Crippen LogP contribution >= 0.6 is 0 Å². The lowest BCUT2D eigenvalue weighted by Crippen LogP contribution is -2.42. The summed E-state index contributed by atoms with van der Waals surface area (Å²) in [7, 11) is 0. The number of amides is 1. The monoisotopic (exact) mass is 226 g/mol. The number of aromatic nitrogens is 2. The minimum atomic E-state index is -0.886. The van der Waals surface area contributed by atoms with Crippen LogP contribution in [0.15, 0.2) is 12.1 Å². The summed E-state index contributed by atoms with van der Waals surface area (Å²) in [6, 6.07) is 2.91. The van der Waals surface area contributed by atoms with Gasteiger partial charge in [0.05, 0.1) is 18.8 Å². The van der Waals surface area contributed by atoms with Crippen LogP contribution in [-0.4, -0.2) is 45.1 Å². The Morgan fingerprint density at radius 3 is 2.44 bits per heavy atom. The van der Waals surface area contributed by atoms with Gasteiger partial charge in [-0.05, 0) is 19.1 Å². The number of primary amides is 1. The van der Waals surface area contributed by atoms with Gasteiger partial charge < -0.3 is 21.3 Å². The number of nitrogens with zero attached hydrogens (tertiary/aromatic N) is 2. The molecular weight excluding hydrogens is 212 g/mol. The van der Waals surface area contributed by atoms with Crippen LogP contribution in [0.3, 0.4) is 0 Å². The summed E-state index contributed by atoms with van der Waals surface area (Å²) in [5, 5.41) is 28.2. The molecule has 0 saturated carbocycles. The van der Waals surface area contributed by atoms with Crippen LogP contribution in [-0.2, 0) is 0 Å². The lowest BCUT2D eigenvalue weighted by Gasteiger charge is -2.26. The molecule has 0 radical (unpaired) electrons. The Kier molecular flexibility index (Phi) is 3.75. The Balaban J connectivity index is 2.79. The van der Waals surface area contributed by atoms with E-state index in [1.807, 2.05) is 0 Å². The van der Waals surface area contributed by atoms with Crippen molar-refractivity contribution >= 4 is 11.7 Å². The minimum Gasteiger partial charge on any atom is -0.394 e. The van der Waals surface area contributed by atoms with Crippen molar-refractivity contribution in [2.75, 3.05) is 18.5 Å². The zero-order valence-corrected chi connectivity index (χ0v) is 8.84. The van der Waals surface area contributed by atoms with E-state index in [0.717, 1.165) is 0 Å². The number of hydrogen-bond donors (Lipinski definition) is 4. The molecule has 0 fully saturated rings. The fraction of sp³-hybridized carbons (Fsp3) is 0.444. The Morgan fingerprint density at radius 1 is 1.44 bits per heavy atom. The van der Waals surface area contributed by atoms with Crippen LogP contribution in [0.1, 0.15) is 17.4 Å². The molecule has 0 aliphatic carbocycles. The summed E-state index contributed by atoms with van der Waals surface area (Å²) in [6.45, 7) is 1.10. The highest BCUT2D eigenvalue weighted by atomic mass is 16.3. The van der Waals surface area contributed by atoms with Crippen LogP contribution in [0.5, 0.6) is 0 Å². The minimum absolute atomic E-state index is 0.0558. The first-order valence-electron chi connectivity index (χ1n) is 4.64. The van der Waals surface area contributed by atoms with Gasteiger partial charge in [0.2, 0.25) is 0 Å². The number of carbonyl (C=O) groups excluding carboxylic acids is 1. The third-order valence-electron chi connectivity index (χ3n) is 2.04. The number of aliphatic hydroxyl groups is 2. The molecule has 7 nitrogen and oxygen atoms in total. The van der Waals surface area contributed by atoms with E-state index >= 15 is 0 Å². The van der Waals surface area contributed by atoms with E-state index < -0.39 is 11.4 Å². The SMILES string of the molecule is CC(CO)(CO)Nc1ccc(C(N)=O)nn1. The van der Waals surface area contributed by atoms with E-state index in [-0.39, 0.29) is 18.9 Å². The first-order valence-corrected chi connectivity index (χ1v) is 4.64. The molecule has 0 atom stereocenters. The number of nitrogens with two attached hydrogens (primary N) is 1. The van der Waals surface area contributed by atoms with E-state index in [1.165, 1.54) is 12.1 Å². The van der Waals surface area contributed by atoms with E-state index in [2.05, 4.69) is 15.5 Å². The maximum atomic E-state index is 10.7. The first kappa shape index (κ1) is 12.3. The molecule has 1 amide bonds. The smallest absolute Gasteiger partial charge is 0.269 e. The van der Waals surface area contributed by atoms with Crippen LogP contribution in [0.25, 0.3) is 0 Å². The standard InChI is InChI=1S/C9H14N4O3/c1-9(4-14,5-15)11-7-3-2-6(8(10)16)12-13-7/h2-3,14-15H,4-5H2,1H3,(H2,10,16)(H,11,13). The van der Waals surface area contributed by atoms with Crippen LogP contribution in [0.4, 0.5) is 5.82 Å². The van der Waals surface area contributed by atoms with E-state index in [9.17, 15) is 4.79 Å². The van der Waals surface area contributed by atoms with Crippen LogP contribution in [0.2, 0.25) is 0 Å². The van der Waals surface area contributed by atoms with Crippen LogP contribution < -0.4 is 11.1 Å². The zero-order chi connectivity index (χ0) is 12.2. The third kappa shape index (κ3) is 2.88. The summed E-state index contributed by atoms with van der Waals surface area (Å²) in [5.74, 6) is -0.318. The first-order chi connectivity index (χ1) is 7.50. The third-order valence-corrected chi connectivity index (χ3v) is 2.04. The van der Waals surface area contributed by atoms with Crippen LogP contribution in [0, 0.1) is 0 Å². The molecule has 1 aromatic heterocycles. The zero-order valence-electron chi connectivity index (χ0n) is 8.84. The van der Waals surface area contributed by atoms with Gasteiger partial charge in [0, 0.05) is 0 Å². The van der Waals surface area contributed by atoms with Crippen molar-refractivity contribution in [2.24, 2.45) is 5.73 Å². The second-order valence-corrected chi connectivity index (χ2v) is 3.67. The van der Waals surface area contributed by atoms with Crippen molar-refractivity contribution in [2.45, 2.75) is 12.5 Å². The molecule has 0 saturated heterocycles. The molecule has 0 unspecified atom stereocenters. The maximum Gasteiger partial charge on any atom is 0.269 e. The van der Waals surface area contributed by atoms with Crippen molar-refractivity contribution in [3.63, 3.8) is 0 Å². The topological polar surface area (TPSA) is 121 Å². The summed E-state index contributed by atoms with van der Waals surface area (Å²) < 4.78 is 0. The molecule has 0 aliphatic rings. The molecule has 1 rings (SSSR count). The van der Waals surface area contributed by atoms with Gasteiger partial charge in [-0.1, -0.05) is 0 Å². The predicted molar refractivity (Wildman–Crippen MR) is 56.7 cm³/mol. The molecule has 7 heteroatoms. The lowest BCUT2D eigenvalue weighted by molar-refractivity contribution is 0.0994. The molecule has 1 heterocycles. The Bertz CT molecular complexity index is 362. The molecule has 0 aromatic carbocycles. The van der Waals surface area contributed by atoms with Gasteiger partial charge in [-0.25, -0.2) is 0 Å². The van der Waals surface area contributed by atoms with Gasteiger partial charge in [0.25, 0.3) is 5.91 Å². The fourth-order valence-electron chi connectivity index (χ4n) is 0.969. The normalized spacial score (nSPS) is 11.2. The summed E-state index contributed by atoms with van der Waals surface area (Å²) in [6.07, 6.45) is 0. The predicted octanol–water partition coefficient (Wildman–Crippen LogP) is -1.27. The Morgan fingerprint density at radius 2 is 2.06 bits per heavy atom. The number of aliphatic hydroxyl groups excluding tert-OH is 2. The molecule has 88 valence electrons. The molecule has 0 aliphatic heterocycles. The number of carbonyl (C=O) groups is 1. The Hall–Kier alpha value is -1.73. The highest BCUT2D eigenvalue weighted by Crippen LogP contribution is 2.11.